The topological polar surface area (TPSA) is 80.0 Å². The van der Waals surface area contributed by atoms with Crippen LogP contribution in [0.1, 0.15) is 37.7 Å². The first-order chi connectivity index (χ1) is 9.62. The molecule has 21 heavy (non-hydrogen) atoms. The lowest BCUT2D eigenvalue weighted by molar-refractivity contribution is 0.305. The monoisotopic (exact) mass is 307 g/mol. The minimum Gasteiger partial charge on any atom is -0.369 e. The van der Waals surface area contributed by atoms with E-state index in [-0.39, 0.29) is 18.1 Å². The summed E-state index contributed by atoms with van der Waals surface area (Å²) in [6, 6.07) is 8.21. The molecule has 0 radical (unpaired) electrons. The molecule has 1 aromatic rings. The van der Waals surface area contributed by atoms with Gasteiger partial charge in [-0.3, -0.25) is 4.90 Å². The first-order valence-corrected chi connectivity index (χ1v) is 7.18. The Kier molecular flexibility index (Phi) is 4.42. The Morgan fingerprint density at radius 1 is 1.10 bits per heavy atom. The SMILES string of the molecule is Cc1ccccc1N1C(N)=NC(N)=NC12CCCCC2.Cl. The van der Waals surface area contributed by atoms with E-state index in [0.29, 0.717) is 11.9 Å². The predicted molar refractivity (Wildman–Crippen MR) is 90.0 cm³/mol. The Bertz CT molecular complexity index is 575. The number of hydrogen-bond acceptors (Lipinski definition) is 5. The number of hydrogen-bond donors (Lipinski definition) is 2. The second-order valence-corrected chi connectivity index (χ2v) is 5.61. The highest BCUT2D eigenvalue weighted by Crippen LogP contribution is 2.40. The van der Waals surface area contributed by atoms with Gasteiger partial charge < -0.3 is 11.5 Å². The molecule has 0 bridgehead atoms. The van der Waals surface area contributed by atoms with Gasteiger partial charge in [0.1, 0.15) is 5.66 Å². The fourth-order valence-electron chi connectivity index (χ4n) is 3.28. The zero-order chi connectivity index (χ0) is 14.2. The van der Waals surface area contributed by atoms with E-state index in [1.807, 2.05) is 12.1 Å². The van der Waals surface area contributed by atoms with E-state index in [4.69, 9.17) is 11.5 Å². The molecule has 4 N–H and O–H groups in total. The first kappa shape index (κ1) is 15.6. The normalized spacial score (nSPS) is 20.5. The molecule has 6 heteroatoms. The predicted octanol–water partition coefficient (Wildman–Crippen LogP) is 2.53. The molecule has 1 heterocycles. The van der Waals surface area contributed by atoms with Gasteiger partial charge in [0.05, 0.1) is 0 Å². The van der Waals surface area contributed by atoms with E-state index < -0.39 is 0 Å². The van der Waals surface area contributed by atoms with Crippen LogP contribution in [0.25, 0.3) is 0 Å². The third-order valence-corrected chi connectivity index (χ3v) is 4.21. The lowest BCUT2D eigenvalue weighted by atomic mass is 9.87. The summed E-state index contributed by atoms with van der Waals surface area (Å²) in [6.45, 7) is 2.08. The van der Waals surface area contributed by atoms with Gasteiger partial charge in [0, 0.05) is 5.69 Å². The van der Waals surface area contributed by atoms with E-state index >= 15 is 0 Å². The fraction of sp³-hybridized carbons (Fsp3) is 0.467. The lowest BCUT2D eigenvalue weighted by Gasteiger charge is -2.46. The first-order valence-electron chi connectivity index (χ1n) is 7.18. The third kappa shape index (κ3) is 2.70. The van der Waals surface area contributed by atoms with Crippen LogP contribution in [0.4, 0.5) is 5.69 Å². The summed E-state index contributed by atoms with van der Waals surface area (Å²) >= 11 is 0. The molecule has 1 fully saturated rings. The zero-order valence-corrected chi connectivity index (χ0v) is 13.1. The number of nitrogens with zero attached hydrogens (tertiary/aromatic N) is 3. The molecule has 1 aliphatic carbocycles. The molecule has 5 nitrogen and oxygen atoms in total. The molecule has 114 valence electrons. The summed E-state index contributed by atoms with van der Waals surface area (Å²) in [5.41, 5.74) is 14.0. The number of rotatable bonds is 1. The minimum absolute atomic E-state index is 0. The lowest BCUT2D eigenvalue weighted by Crippen LogP contribution is -2.58. The summed E-state index contributed by atoms with van der Waals surface area (Å²) in [5.74, 6) is 0.753. The molecule has 0 atom stereocenters. The van der Waals surface area contributed by atoms with Gasteiger partial charge in [-0.2, -0.15) is 4.99 Å². The Morgan fingerprint density at radius 3 is 2.43 bits per heavy atom. The van der Waals surface area contributed by atoms with Crippen LogP contribution >= 0.6 is 12.4 Å². The van der Waals surface area contributed by atoms with Crippen molar-refractivity contribution in [3.05, 3.63) is 29.8 Å². The van der Waals surface area contributed by atoms with Gasteiger partial charge in [-0.05, 0) is 44.2 Å². The summed E-state index contributed by atoms with van der Waals surface area (Å²) in [7, 11) is 0. The van der Waals surface area contributed by atoms with Crippen molar-refractivity contribution >= 4 is 30.0 Å². The van der Waals surface area contributed by atoms with Crippen molar-refractivity contribution in [3.8, 4) is 0 Å². The van der Waals surface area contributed by atoms with Gasteiger partial charge in [0.15, 0.2) is 0 Å². The number of aryl methyl sites for hydroxylation is 1. The molecular weight excluding hydrogens is 286 g/mol. The van der Waals surface area contributed by atoms with Gasteiger partial charge in [0.25, 0.3) is 0 Å². The Balaban J connectivity index is 0.00000161. The van der Waals surface area contributed by atoms with Crippen LogP contribution in [0.15, 0.2) is 34.3 Å². The number of anilines is 1. The molecule has 1 aromatic carbocycles. The molecule has 1 aliphatic heterocycles. The van der Waals surface area contributed by atoms with Crippen LogP contribution in [0.2, 0.25) is 0 Å². The molecule has 0 unspecified atom stereocenters. The van der Waals surface area contributed by atoms with Crippen molar-refractivity contribution < 1.29 is 0 Å². The number of halogens is 1. The van der Waals surface area contributed by atoms with Gasteiger partial charge in [-0.1, -0.05) is 24.6 Å². The standard InChI is InChI=1S/C15H21N5.ClH/c1-11-7-3-4-8-12(11)20-14(17)18-13(16)19-15(20)9-5-2-6-10-15;/h3-4,7-8H,2,5-6,9-10H2,1H3,(H4,16,17,18,19);1H. The maximum atomic E-state index is 6.19. The van der Waals surface area contributed by atoms with Crippen molar-refractivity contribution in [1.29, 1.82) is 0 Å². The molecule has 0 saturated heterocycles. The minimum atomic E-state index is -0.347. The summed E-state index contributed by atoms with van der Waals surface area (Å²) in [4.78, 5) is 10.9. The van der Waals surface area contributed by atoms with Gasteiger partial charge in [-0.25, -0.2) is 4.99 Å². The van der Waals surface area contributed by atoms with Crippen LogP contribution in [0.3, 0.4) is 0 Å². The second-order valence-electron chi connectivity index (χ2n) is 5.61. The number of nitrogens with two attached hydrogens (primary N) is 2. The number of guanidine groups is 2. The maximum Gasteiger partial charge on any atom is 0.220 e. The number of aliphatic imine (C=N–C) groups is 2. The second kappa shape index (κ2) is 5.93. The van der Waals surface area contributed by atoms with E-state index in [9.17, 15) is 0 Å². The van der Waals surface area contributed by atoms with E-state index in [1.54, 1.807) is 0 Å². The zero-order valence-electron chi connectivity index (χ0n) is 12.2. The van der Waals surface area contributed by atoms with E-state index in [0.717, 1.165) is 31.4 Å². The van der Waals surface area contributed by atoms with E-state index in [1.165, 1.54) is 12.0 Å². The highest BCUT2D eigenvalue weighted by Gasteiger charge is 2.42. The molecule has 2 aliphatic rings. The quantitative estimate of drug-likeness (QED) is 0.836. The van der Waals surface area contributed by atoms with Crippen LogP contribution in [0, 0.1) is 6.92 Å². The van der Waals surface area contributed by atoms with Gasteiger partial charge >= 0.3 is 0 Å². The summed E-state index contributed by atoms with van der Waals surface area (Å²) in [5, 5.41) is 0. The maximum absolute atomic E-state index is 6.19. The Hall–Kier alpha value is -1.75. The number of benzene rings is 1. The summed E-state index contributed by atoms with van der Waals surface area (Å²) < 4.78 is 0. The smallest absolute Gasteiger partial charge is 0.220 e. The summed E-state index contributed by atoms with van der Waals surface area (Å²) in [6.07, 6.45) is 5.48. The van der Waals surface area contributed by atoms with Crippen LogP contribution < -0.4 is 16.4 Å². The Labute approximate surface area is 131 Å². The molecule has 0 amide bonds. The molecule has 1 saturated carbocycles. The van der Waals surface area contributed by atoms with Gasteiger partial charge in [0.2, 0.25) is 11.9 Å². The average molecular weight is 308 g/mol. The van der Waals surface area contributed by atoms with Crippen molar-refractivity contribution in [2.24, 2.45) is 21.5 Å². The largest absolute Gasteiger partial charge is 0.369 e. The highest BCUT2D eigenvalue weighted by atomic mass is 35.5. The van der Waals surface area contributed by atoms with E-state index in [2.05, 4.69) is 33.9 Å². The fourth-order valence-corrected chi connectivity index (χ4v) is 3.28. The number of para-hydroxylation sites is 1. The van der Waals surface area contributed by atoms with Crippen molar-refractivity contribution in [2.45, 2.75) is 44.7 Å². The van der Waals surface area contributed by atoms with Crippen molar-refractivity contribution in [2.75, 3.05) is 4.90 Å². The van der Waals surface area contributed by atoms with Gasteiger partial charge in [-0.15, -0.1) is 12.4 Å². The molecule has 3 rings (SSSR count). The third-order valence-electron chi connectivity index (χ3n) is 4.21. The van der Waals surface area contributed by atoms with Crippen LogP contribution in [0.5, 0.6) is 0 Å². The molecule has 0 aromatic heterocycles. The van der Waals surface area contributed by atoms with Crippen LogP contribution in [-0.2, 0) is 0 Å². The average Bonchev–Trinajstić information content (AvgIpc) is 2.41. The molecule has 1 spiro atoms. The van der Waals surface area contributed by atoms with Crippen molar-refractivity contribution in [3.63, 3.8) is 0 Å². The Morgan fingerprint density at radius 2 is 1.76 bits per heavy atom. The molecular formula is C15H22ClN5. The van der Waals surface area contributed by atoms with Crippen molar-refractivity contribution in [1.82, 2.24) is 0 Å². The van der Waals surface area contributed by atoms with Crippen LogP contribution in [-0.4, -0.2) is 17.6 Å². The highest BCUT2D eigenvalue weighted by molar-refractivity contribution is 6.05.